The minimum absolute atomic E-state index is 0.0349. The van der Waals surface area contributed by atoms with Gasteiger partial charge >= 0.3 is 0 Å². The fourth-order valence-electron chi connectivity index (χ4n) is 2.79. The van der Waals surface area contributed by atoms with Gasteiger partial charge in [0, 0.05) is 29.0 Å². The topological polar surface area (TPSA) is 36.4 Å². The molecule has 2 N–H and O–H groups in total. The summed E-state index contributed by atoms with van der Waals surface area (Å²) in [5.74, 6) is 0. The molecule has 1 aliphatic heterocycles. The lowest BCUT2D eigenvalue weighted by atomic mass is 9.98. The third-order valence-electron chi connectivity index (χ3n) is 3.54. The molecule has 0 unspecified atom stereocenters. The molecular weight excluding hydrogens is 258 g/mol. The van der Waals surface area contributed by atoms with Crippen molar-refractivity contribution < 1.29 is 0 Å². The van der Waals surface area contributed by atoms with E-state index in [1.54, 1.807) is 0 Å². The number of para-hydroxylation sites is 1. The average Bonchev–Trinajstić information content (AvgIpc) is 2.53. The molecule has 0 radical (unpaired) electrons. The largest absolute Gasteiger partial charge is 0.378 e. The molecule has 3 rings (SSSR count). The Morgan fingerprint density at radius 3 is 2.57 bits per heavy atom. The van der Waals surface area contributed by atoms with Crippen molar-refractivity contribution >= 4 is 28.5 Å². The molecule has 0 fully saturated rings. The van der Waals surface area contributed by atoms with E-state index in [1.807, 2.05) is 18.2 Å². The van der Waals surface area contributed by atoms with Gasteiger partial charge in [0.25, 0.3) is 0 Å². The Morgan fingerprint density at radius 2 is 1.81 bits per heavy atom. The maximum Gasteiger partial charge on any atom is 0.0881 e. The van der Waals surface area contributed by atoms with Gasteiger partial charge in [0.2, 0.25) is 0 Å². The Morgan fingerprint density at radius 1 is 1.05 bits per heavy atom. The van der Waals surface area contributed by atoms with Gasteiger partial charge in [-0.25, -0.2) is 0 Å². The van der Waals surface area contributed by atoms with Gasteiger partial charge in [0.1, 0.15) is 0 Å². The van der Waals surface area contributed by atoms with Gasteiger partial charge in [0.15, 0.2) is 0 Å². The first kappa shape index (κ1) is 13.7. The molecular formula is C18H21N3. The van der Waals surface area contributed by atoms with E-state index in [0.717, 1.165) is 34.9 Å². The van der Waals surface area contributed by atoms with E-state index in [-0.39, 0.29) is 5.54 Å². The van der Waals surface area contributed by atoms with Crippen LogP contribution in [0.15, 0.2) is 53.5 Å². The number of hydrogen-bond acceptors (Lipinski definition) is 3. The van der Waals surface area contributed by atoms with Crippen LogP contribution in [0.3, 0.4) is 0 Å². The number of nitrogens with one attached hydrogen (secondary N) is 2. The normalized spacial score (nSPS) is 16.2. The molecule has 108 valence electrons. The summed E-state index contributed by atoms with van der Waals surface area (Å²) in [5.41, 5.74) is 5.42. The van der Waals surface area contributed by atoms with Crippen molar-refractivity contribution in [1.29, 1.82) is 0 Å². The van der Waals surface area contributed by atoms with Crippen LogP contribution < -0.4 is 10.6 Å². The smallest absolute Gasteiger partial charge is 0.0881 e. The quantitative estimate of drug-likeness (QED) is 0.800. The highest BCUT2D eigenvalue weighted by Crippen LogP contribution is 2.35. The summed E-state index contributed by atoms with van der Waals surface area (Å²) in [7, 11) is 0. The van der Waals surface area contributed by atoms with Gasteiger partial charge in [-0.2, -0.15) is 0 Å². The van der Waals surface area contributed by atoms with E-state index in [1.165, 1.54) is 0 Å². The number of hydrogen-bond donors (Lipinski definition) is 2. The summed E-state index contributed by atoms with van der Waals surface area (Å²) < 4.78 is 0. The minimum Gasteiger partial charge on any atom is -0.378 e. The number of aliphatic imine (C=N–C) groups is 1. The van der Waals surface area contributed by atoms with E-state index >= 15 is 0 Å². The molecule has 0 aromatic heterocycles. The first-order valence-corrected chi connectivity index (χ1v) is 7.30. The number of benzene rings is 2. The predicted octanol–water partition coefficient (Wildman–Crippen LogP) is 5.12. The second-order valence-corrected chi connectivity index (χ2v) is 6.26. The Balaban J connectivity index is 1.93. The van der Waals surface area contributed by atoms with Gasteiger partial charge in [-0.3, -0.25) is 4.99 Å². The lowest BCUT2D eigenvalue weighted by Crippen LogP contribution is -2.31. The summed E-state index contributed by atoms with van der Waals surface area (Å²) in [6.07, 6.45) is 0.948. The van der Waals surface area contributed by atoms with E-state index in [2.05, 4.69) is 61.7 Å². The molecule has 0 saturated heterocycles. The van der Waals surface area contributed by atoms with Crippen LogP contribution in [0.25, 0.3) is 0 Å². The number of anilines is 3. The second-order valence-electron chi connectivity index (χ2n) is 6.26. The van der Waals surface area contributed by atoms with Crippen LogP contribution in [0.5, 0.6) is 0 Å². The Hall–Kier alpha value is -2.29. The zero-order valence-corrected chi connectivity index (χ0v) is 12.8. The van der Waals surface area contributed by atoms with Crippen LogP contribution in [0.2, 0.25) is 0 Å². The lowest BCUT2D eigenvalue weighted by Gasteiger charge is -2.25. The molecule has 3 nitrogen and oxygen atoms in total. The highest BCUT2D eigenvalue weighted by molar-refractivity contribution is 5.90. The molecule has 21 heavy (non-hydrogen) atoms. The predicted molar refractivity (Wildman–Crippen MR) is 91.3 cm³/mol. The summed E-state index contributed by atoms with van der Waals surface area (Å²) >= 11 is 0. The first-order chi connectivity index (χ1) is 10.0. The van der Waals surface area contributed by atoms with Crippen molar-refractivity contribution in [2.24, 2.45) is 4.99 Å². The molecule has 2 aromatic rings. The summed E-state index contributed by atoms with van der Waals surface area (Å²) in [5, 5.41) is 6.99. The Bertz CT molecular complexity index is 672. The van der Waals surface area contributed by atoms with Gasteiger partial charge in [-0.15, -0.1) is 0 Å². The van der Waals surface area contributed by atoms with Crippen molar-refractivity contribution in [3.05, 3.63) is 48.5 Å². The lowest BCUT2D eigenvalue weighted by molar-refractivity contribution is 0.595. The molecule has 0 aliphatic carbocycles. The molecule has 2 aromatic carbocycles. The van der Waals surface area contributed by atoms with E-state index in [0.29, 0.717) is 0 Å². The molecule has 0 atom stereocenters. The highest BCUT2D eigenvalue weighted by Gasteiger charge is 2.23. The van der Waals surface area contributed by atoms with Crippen LogP contribution in [0.4, 0.5) is 22.7 Å². The number of nitrogens with zero attached hydrogens (tertiary/aromatic N) is 1. The molecule has 0 spiro atoms. The maximum absolute atomic E-state index is 4.75. The van der Waals surface area contributed by atoms with E-state index in [9.17, 15) is 0 Å². The molecule has 0 amide bonds. The van der Waals surface area contributed by atoms with Gasteiger partial charge < -0.3 is 10.6 Å². The molecule has 1 heterocycles. The first-order valence-electron chi connectivity index (χ1n) is 7.30. The molecule has 0 bridgehead atoms. The van der Waals surface area contributed by atoms with Gasteiger partial charge in [0.05, 0.1) is 11.4 Å². The third kappa shape index (κ3) is 3.24. The van der Waals surface area contributed by atoms with Crippen molar-refractivity contribution in [2.75, 3.05) is 10.6 Å². The van der Waals surface area contributed by atoms with Crippen LogP contribution in [-0.2, 0) is 0 Å². The average molecular weight is 279 g/mol. The summed E-state index contributed by atoms with van der Waals surface area (Å²) in [4.78, 5) is 4.75. The zero-order valence-electron chi connectivity index (χ0n) is 12.8. The third-order valence-corrected chi connectivity index (χ3v) is 3.54. The fourth-order valence-corrected chi connectivity index (χ4v) is 2.79. The second kappa shape index (κ2) is 5.24. The SMILES string of the molecule is CC1=Nc2cc(Nc3ccccc3)ccc2NC(C)(C)C1. The van der Waals surface area contributed by atoms with Crippen LogP contribution in [-0.4, -0.2) is 11.3 Å². The maximum atomic E-state index is 4.75. The number of fused-ring (bicyclic) bond motifs is 1. The highest BCUT2D eigenvalue weighted by atomic mass is 15.0. The monoisotopic (exact) mass is 279 g/mol. The summed E-state index contributed by atoms with van der Waals surface area (Å²) in [6.45, 7) is 6.50. The van der Waals surface area contributed by atoms with Crippen molar-refractivity contribution in [2.45, 2.75) is 32.7 Å². The van der Waals surface area contributed by atoms with Crippen molar-refractivity contribution in [1.82, 2.24) is 0 Å². The standard InChI is InChI=1S/C18H21N3/c1-13-12-18(2,3)21-16-10-9-15(11-17(16)19-13)20-14-7-5-4-6-8-14/h4-11,20-21H,12H2,1-3H3. The number of rotatable bonds is 2. The van der Waals surface area contributed by atoms with E-state index < -0.39 is 0 Å². The zero-order chi connectivity index (χ0) is 14.9. The van der Waals surface area contributed by atoms with Gasteiger partial charge in [-0.05, 0) is 51.1 Å². The Kier molecular flexibility index (Phi) is 3.42. The van der Waals surface area contributed by atoms with Crippen molar-refractivity contribution in [3.8, 4) is 0 Å². The van der Waals surface area contributed by atoms with Crippen LogP contribution in [0.1, 0.15) is 27.2 Å². The van der Waals surface area contributed by atoms with Crippen molar-refractivity contribution in [3.63, 3.8) is 0 Å². The molecule has 3 heteroatoms. The van der Waals surface area contributed by atoms with Crippen LogP contribution >= 0.6 is 0 Å². The minimum atomic E-state index is 0.0349. The Labute approximate surface area is 126 Å². The summed E-state index contributed by atoms with van der Waals surface area (Å²) in [6, 6.07) is 16.5. The van der Waals surface area contributed by atoms with Crippen LogP contribution in [0, 0.1) is 0 Å². The molecule has 0 saturated carbocycles. The van der Waals surface area contributed by atoms with Gasteiger partial charge in [-0.1, -0.05) is 18.2 Å². The fraction of sp³-hybridized carbons (Fsp3) is 0.278. The molecule has 1 aliphatic rings. The van der Waals surface area contributed by atoms with E-state index in [4.69, 9.17) is 4.99 Å².